The lowest BCUT2D eigenvalue weighted by atomic mass is 10.0. The molecule has 0 spiro atoms. The standard InChI is InChI=1S/C22H22P/c1-22(2)17-18-11-9-10-16-21(18)23(22,19-12-5-3-6-13-19)20-14-7-4-8-15-20/h3-16H,17H2,1-2H3/q+1. The summed E-state index contributed by atoms with van der Waals surface area (Å²) in [5.41, 5.74) is 1.53. The maximum Gasteiger partial charge on any atom is 0.118 e. The molecule has 0 fully saturated rings. The second kappa shape index (κ2) is 5.32. The van der Waals surface area contributed by atoms with E-state index >= 15 is 0 Å². The molecule has 1 heterocycles. The first kappa shape index (κ1) is 14.7. The van der Waals surface area contributed by atoms with E-state index in [0.29, 0.717) is 0 Å². The van der Waals surface area contributed by atoms with Crippen LogP contribution in [-0.2, 0) is 6.42 Å². The van der Waals surface area contributed by atoms with E-state index in [1.54, 1.807) is 5.30 Å². The first-order valence-corrected chi connectivity index (χ1v) is 10.0. The molecule has 0 aliphatic carbocycles. The number of hydrogen-bond acceptors (Lipinski definition) is 0. The quantitative estimate of drug-likeness (QED) is 0.618. The molecular weight excluding hydrogens is 295 g/mol. The van der Waals surface area contributed by atoms with Crippen LogP contribution in [0.3, 0.4) is 0 Å². The molecule has 0 saturated heterocycles. The van der Waals surface area contributed by atoms with Gasteiger partial charge in [-0.3, -0.25) is 0 Å². The van der Waals surface area contributed by atoms with Crippen molar-refractivity contribution in [3.05, 3.63) is 90.5 Å². The number of fused-ring (bicyclic) bond motifs is 1. The first-order chi connectivity index (χ1) is 11.2. The van der Waals surface area contributed by atoms with Crippen molar-refractivity contribution in [3.8, 4) is 0 Å². The van der Waals surface area contributed by atoms with Crippen molar-refractivity contribution < 1.29 is 0 Å². The molecule has 0 N–H and O–H groups in total. The van der Waals surface area contributed by atoms with Crippen molar-refractivity contribution in [1.82, 2.24) is 0 Å². The van der Waals surface area contributed by atoms with Crippen LogP contribution in [-0.4, -0.2) is 5.16 Å². The van der Waals surface area contributed by atoms with Crippen LogP contribution in [0.5, 0.6) is 0 Å². The smallest absolute Gasteiger partial charge is 0.0620 e. The van der Waals surface area contributed by atoms with E-state index in [2.05, 4.69) is 98.8 Å². The Labute approximate surface area is 139 Å². The zero-order valence-electron chi connectivity index (χ0n) is 13.7. The summed E-state index contributed by atoms with van der Waals surface area (Å²) in [6, 6.07) is 31.5. The highest BCUT2D eigenvalue weighted by molar-refractivity contribution is 7.97. The van der Waals surface area contributed by atoms with Gasteiger partial charge >= 0.3 is 0 Å². The van der Waals surface area contributed by atoms with Gasteiger partial charge in [-0.15, -0.1) is 0 Å². The van der Waals surface area contributed by atoms with Crippen LogP contribution in [0.4, 0.5) is 0 Å². The van der Waals surface area contributed by atoms with Gasteiger partial charge in [0.15, 0.2) is 0 Å². The maximum absolute atomic E-state index is 2.46. The molecule has 0 saturated carbocycles. The summed E-state index contributed by atoms with van der Waals surface area (Å²) >= 11 is 0. The van der Waals surface area contributed by atoms with Crippen molar-refractivity contribution in [2.24, 2.45) is 0 Å². The molecule has 0 bridgehead atoms. The predicted octanol–water partition coefficient (Wildman–Crippen LogP) is 4.32. The Hall–Kier alpha value is -1.91. The third-order valence-electron chi connectivity index (χ3n) is 5.17. The Kier molecular flexibility index (Phi) is 3.39. The Morgan fingerprint density at radius 2 is 1.13 bits per heavy atom. The highest BCUT2D eigenvalue weighted by atomic mass is 31.2. The van der Waals surface area contributed by atoms with E-state index < -0.39 is 7.26 Å². The van der Waals surface area contributed by atoms with Gasteiger partial charge in [-0.2, -0.15) is 0 Å². The van der Waals surface area contributed by atoms with Crippen molar-refractivity contribution >= 4 is 23.2 Å². The molecule has 4 rings (SSSR count). The van der Waals surface area contributed by atoms with Crippen LogP contribution in [0.1, 0.15) is 19.4 Å². The Balaban J connectivity index is 2.12. The van der Waals surface area contributed by atoms with Crippen LogP contribution < -0.4 is 15.9 Å². The molecule has 0 unspecified atom stereocenters. The summed E-state index contributed by atoms with van der Waals surface area (Å²) in [4.78, 5) is 0. The molecule has 0 amide bonds. The largest absolute Gasteiger partial charge is 0.118 e. The molecule has 114 valence electrons. The average Bonchev–Trinajstić information content (AvgIpc) is 2.83. The van der Waals surface area contributed by atoms with Gasteiger partial charge in [0, 0.05) is 6.42 Å². The minimum Gasteiger partial charge on any atom is -0.0620 e. The molecule has 0 aromatic heterocycles. The topological polar surface area (TPSA) is 0 Å². The third-order valence-corrected chi connectivity index (χ3v) is 10.4. The SMILES string of the molecule is CC1(C)Cc2ccccc2[P+]1(c1ccccc1)c1ccccc1. The molecule has 1 aliphatic rings. The summed E-state index contributed by atoms with van der Waals surface area (Å²) < 4.78 is 0. The van der Waals surface area contributed by atoms with Crippen LogP contribution in [0.25, 0.3) is 0 Å². The van der Waals surface area contributed by atoms with Gasteiger partial charge in [-0.05, 0) is 49.7 Å². The van der Waals surface area contributed by atoms with Crippen molar-refractivity contribution in [2.75, 3.05) is 0 Å². The fourth-order valence-corrected chi connectivity index (χ4v) is 9.77. The summed E-state index contributed by atoms with van der Waals surface area (Å²) in [5.74, 6) is 0. The summed E-state index contributed by atoms with van der Waals surface area (Å²) in [7, 11) is -1.64. The Morgan fingerprint density at radius 3 is 1.70 bits per heavy atom. The van der Waals surface area contributed by atoms with Crippen molar-refractivity contribution in [3.63, 3.8) is 0 Å². The monoisotopic (exact) mass is 317 g/mol. The fourth-order valence-electron chi connectivity index (χ4n) is 4.33. The second-order valence-corrected chi connectivity index (χ2v) is 11.0. The average molecular weight is 317 g/mol. The molecule has 0 nitrogen and oxygen atoms in total. The summed E-state index contributed by atoms with van der Waals surface area (Å²) in [6.45, 7) is 4.92. The number of rotatable bonds is 2. The van der Waals surface area contributed by atoms with Crippen LogP contribution in [0.15, 0.2) is 84.9 Å². The normalized spacial score (nSPS) is 17.7. The lowest BCUT2D eigenvalue weighted by Crippen LogP contribution is -2.40. The van der Waals surface area contributed by atoms with Gasteiger partial charge < -0.3 is 0 Å². The maximum atomic E-state index is 2.46. The van der Waals surface area contributed by atoms with E-state index in [-0.39, 0.29) is 5.16 Å². The molecule has 3 aromatic carbocycles. The molecule has 1 aliphatic heterocycles. The first-order valence-electron chi connectivity index (χ1n) is 8.25. The van der Waals surface area contributed by atoms with Crippen LogP contribution in [0.2, 0.25) is 0 Å². The molecular formula is C22H22P+. The number of benzene rings is 3. The lowest BCUT2D eigenvalue weighted by molar-refractivity contribution is 0.710. The molecule has 3 aromatic rings. The van der Waals surface area contributed by atoms with Gasteiger partial charge in [0.1, 0.15) is 23.2 Å². The number of hydrogen-bond donors (Lipinski definition) is 0. The predicted molar refractivity (Wildman–Crippen MR) is 103 cm³/mol. The van der Waals surface area contributed by atoms with Crippen LogP contribution in [0, 0.1) is 0 Å². The highest BCUT2D eigenvalue weighted by Crippen LogP contribution is 2.70. The second-order valence-electron chi connectivity index (χ2n) is 6.96. The van der Waals surface area contributed by atoms with Crippen LogP contribution >= 0.6 is 7.26 Å². The highest BCUT2D eigenvalue weighted by Gasteiger charge is 2.62. The van der Waals surface area contributed by atoms with E-state index in [9.17, 15) is 0 Å². The summed E-state index contributed by atoms with van der Waals surface area (Å²) in [5, 5.41) is 4.81. The lowest BCUT2D eigenvalue weighted by Gasteiger charge is -2.35. The van der Waals surface area contributed by atoms with Gasteiger partial charge in [0.2, 0.25) is 0 Å². The van der Waals surface area contributed by atoms with Gasteiger partial charge in [-0.1, -0.05) is 54.6 Å². The van der Waals surface area contributed by atoms with Crippen molar-refractivity contribution in [2.45, 2.75) is 25.4 Å². The molecule has 0 radical (unpaired) electrons. The third kappa shape index (κ3) is 2.02. The minimum absolute atomic E-state index is 0.236. The summed E-state index contributed by atoms with van der Waals surface area (Å²) in [6.07, 6.45) is 1.15. The van der Waals surface area contributed by atoms with Gasteiger partial charge in [0.25, 0.3) is 0 Å². The van der Waals surface area contributed by atoms with E-state index in [1.807, 2.05) is 0 Å². The van der Waals surface area contributed by atoms with E-state index in [1.165, 1.54) is 16.2 Å². The van der Waals surface area contributed by atoms with E-state index in [4.69, 9.17) is 0 Å². The zero-order valence-corrected chi connectivity index (χ0v) is 14.6. The molecule has 0 atom stereocenters. The minimum atomic E-state index is -1.64. The zero-order chi connectivity index (χ0) is 15.9. The molecule has 1 heteroatoms. The van der Waals surface area contributed by atoms with Gasteiger partial charge in [0.05, 0.1) is 5.16 Å². The fraction of sp³-hybridized carbons (Fsp3) is 0.182. The van der Waals surface area contributed by atoms with Crippen molar-refractivity contribution in [1.29, 1.82) is 0 Å². The van der Waals surface area contributed by atoms with E-state index in [0.717, 1.165) is 6.42 Å². The van der Waals surface area contributed by atoms with Gasteiger partial charge in [-0.25, -0.2) is 0 Å². The molecule has 23 heavy (non-hydrogen) atoms. The Morgan fingerprint density at radius 1 is 0.652 bits per heavy atom. The Bertz CT molecular complexity index is 779.